The highest BCUT2D eigenvalue weighted by molar-refractivity contribution is 5.92. The first kappa shape index (κ1) is 28.3. The number of nitrogens with one attached hydrogen (secondary N) is 2. The first-order valence-electron chi connectivity index (χ1n) is 11.6. The predicted octanol–water partition coefficient (Wildman–Crippen LogP) is 4.20. The molecule has 0 aliphatic rings. The number of aromatic hydroxyl groups is 1. The van der Waals surface area contributed by atoms with Gasteiger partial charge in [-0.2, -0.15) is 0 Å². The highest BCUT2D eigenvalue weighted by Gasteiger charge is 2.36. The lowest BCUT2D eigenvalue weighted by atomic mass is 9.98. The molecule has 0 saturated carbocycles. The Morgan fingerprint density at radius 1 is 1.09 bits per heavy atom. The molecule has 3 unspecified atom stereocenters. The number of carbonyl (C=O) groups is 3. The van der Waals surface area contributed by atoms with Gasteiger partial charge >= 0.3 is 6.09 Å². The third-order valence-electron chi connectivity index (χ3n) is 5.09. The molecule has 0 aromatic heterocycles. The number of hydrogen-bond acceptors (Lipinski definition) is 5. The maximum Gasteiger partial charge on any atom is 0.408 e. The second-order valence-electron chi connectivity index (χ2n) is 9.85. The maximum absolute atomic E-state index is 13.5. The largest absolute Gasteiger partial charge is 0.508 e. The standard InChI is InChI=1S/C25H41N3O5/c1-10-11-17(5)26-22(30)21(19-12-13-20(29)16(4)14-19)28(15(2)3)23(31)18(6)27-24(32)33-25(7,8)9/h12-15,17-18,21,29H,10-11H2,1-9H3,(H,26,30)(H,27,32). The Bertz CT molecular complexity index is 832. The smallest absolute Gasteiger partial charge is 0.408 e. The number of hydrogen-bond donors (Lipinski definition) is 3. The zero-order valence-corrected chi connectivity index (χ0v) is 21.5. The minimum Gasteiger partial charge on any atom is -0.508 e. The predicted molar refractivity (Wildman–Crippen MR) is 129 cm³/mol. The number of amides is 3. The second kappa shape index (κ2) is 11.9. The molecule has 0 heterocycles. The van der Waals surface area contributed by atoms with Gasteiger partial charge in [-0.15, -0.1) is 0 Å². The SMILES string of the molecule is CCCC(C)NC(=O)C(c1ccc(O)c(C)c1)N(C(=O)C(C)NC(=O)OC(C)(C)C)C(C)C. The Morgan fingerprint density at radius 3 is 2.18 bits per heavy atom. The minimum atomic E-state index is -0.931. The van der Waals surface area contributed by atoms with Crippen LogP contribution in [0.5, 0.6) is 5.75 Å². The van der Waals surface area contributed by atoms with Crippen LogP contribution in [0.15, 0.2) is 18.2 Å². The third-order valence-corrected chi connectivity index (χ3v) is 5.09. The van der Waals surface area contributed by atoms with Gasteiger partial charge in [-0.25, -0.2) is 4.79 Å². The van der Waals surface area contributed by atoms with E-state index in [1.54, 1.807) is 46.8 Å². The van der Waals surface area contributed by atoms with Crippen LogP contribution in [-0.2, 0) is 14.3 Å². The van der Waals surface area contributed by atoms with Gasteiger partial charge in [-0.05, 0) is 85.1 Å². The Labute approximate surface area is 198 Å². The van der Waals surface area contributed by atoms with E-state index in [1.807, 2.05) is 27.7 Å². The van der Waals surface area contributed by atoms with Crippen LogP contribution in [0.25, 0.3) is 0 Å². The highest BCUT2D eigenvalue weighted by atomic mass is 16.6. The molecule has 0 bridgehead atoms. The van der Waals surface area contributed by atoms with Crippen LogP contribution in [-0.4, -0.2) is 51.6 Å². The summed E-state index contributed by atoms with van der Waals surface area (Å²) in [7, 11) is 0. The van der Waals surface area contributed by atoms with Gasteiger partial charge < -0.3 is 25.4 Å². The van der Waals surface area contributed by atoms with Crippen LogP contribution in [0.4, 0.5) is 4.79 Å². The normalized spacial score (nSPS) is 14.2. The number of alkyl carbamates (subject to hydrolysis) is 1. The van der Waals surface area contributed by atoms with Crippen LogP contribution in [0, 0.1) is 6.92 Å². The number of phenolic OH excluding ortho intramolecular Hbond substituents is 1. The number of carbonyl (C=O) groups excluding carboxylic acids is 3. The number of phenols is 1. The van der Waals surface area contributed by atoms with Crippen LogP contribution < -0.4 is 10.6 Å². The summed E-state index contributed by atoms with van der Waals surface area (Å²) >= 11 is 0. The van der Waals surface area contributed by atoms with E-state index in [1.165, 1.54) is 11.0 Å². The lowest BCUT2D eigenvalue weighted by Gasteiger charge is -2.37. The fourth-order valence-electron chi connectivity index (χ4n) is 3.56. The topological polar surface area (TPSA) is 108 Å². The molecule has 0 aliphatic heterocycles. The van der Waals surface area contributed by atoms with Crippen molar-refractivity contribution in [2.75, 3.05) is 0 Å². The van der Waals surface area contributed by atoms with Crippen molar-refractivity contribution in [1.82, 2.24) is 15.5 Å². The van der Waals surface area contributed by atoms with Gasteiger partial charge in [0.15, 0.2) is 0 Å². The maximum atomic E-state index is 13.5. The van der Waals surface area contributed by atoms with Crippen molar-refractivity contribution < 1.29 is 24.2 Å². The van der Waals surface area contributed by atoms with E-state index in [-0.39, 0.29) is 23.7 Å². The molecule has 1 rings (SSSR count). The fraction of sp³-hybridized carbons (Fsp3) is 0.640. The molecule has 3 amide bonds. The van der Waals surface area contributed by atoms with Crippen molar-refractivity contribution in [2.24, 2.45) is 0 Å². The van der Waals surface area contributed by atoms with Crippen LogP contribution in [0.2, 0.25) is 0 Å². The third kappa shape index (κ3) is 8.59. The summed E-state index contributed by atoms with van der Waals surface area (Å²) in [6.45, 7) is 16.1. The summed E-state index contributed by atoms with van der Waals surface area (Å²) in [6.07, 6.45) is 1.01. The lowest BCUT2D eigenvalue weighted by molar-refractivity contribution is -0.144. The highest BCUT2D eigenvalue weighted by Crippen LogP contribution is 2.28. The summed E-state index contributed by atoms with van der Waals surface area (Å²) in [5, 5.41) is 15.6. The Balaban J connectivity index is 3.33. The molecule has 8 nitrogen and oxygen atoms in total. The quantitative estimate of drug-likeness (QED) is 0.509. The van der Waals surface area contributed by atoms with E-state index >= 15 is 0 Å². The molecule has 0 spiro atoms. The number of ether oxygens (including phenoxy) is 1. The van der Waals surface area contributed by atoms with Gasteiger partial charge in [0.05, 0.1) is 0 Å². The van der Waals surface area contributed by atoms with Crippen LogP contribution >= 0.6 is 0 Å². The molecule has 1 aromatic rings. The molecule has 3 N–H and O–H groups in total. The van der Waals surface area contributed by atoms with E-state index in [0.29, 0.717) is 11.1 Å². The van der Waals surface area contributed by atoms with Gasteiger partial charge in [0, 0.05) is 12.1 Å². The van der Waals surface area contributed by atoms with Crippen molar-refractivity contribution in [3.05, 3.63) is 29.3 Å². The average molecular weight is 464 g/mol. The van der Waals surface area contributed by atoms with Crippen molar-refractivity contribution >= 4 is 17.9 Å². The van der Waals surface area contributed by atoms with E-state index in [0.717, 1.165) is 12.8 Å². The minimum absolute atomic E-state index is 0.0651. The van der Waals surface area contributed by atoms with Crippen LogP contribution in [0.3, 0.4) is 0 Å². The summed E-state index contributed by atoms with van der Waals surface area (Å²) in [5.41, 5.74) is 0.479. The zero-order chi connectivity index (χ0) is 25.5. The van der Waals surface area contributed by atoms with Crippen molar-refractivity contribution in [3.63, 3.8) is 0 Å². The van der Waals surface area contributed by atoms with E-state index < -0.39 is 29.7 Å². The molecule has 1 aromatic carbocycles. The summed E-state index contributed by atoms with van der Waals surface area (Å²) in [6, 6.07) is 2.62. The first-order chi connectivity index (χ1) is 15.2. The second-order valence-corrected chi connectivity index (χ2v) is 9.85. The molecule has 0 fully saturated rings. The van der Waals surface area contributed by atoms with Crippen molar-refractivity contribution in [2.45, 2.75) is 105 Å². The number of aryl methyl sites for hydroxylation is 1. The molecule has 8 heteroatoms. The van der Waals surface area contributed by atoms with E-state index in [2.05, 4.69) is 10.6 Å². The van der Waals surface area contributed by atoms with Gasteiger partial charge in [0.2, 0.25) is 11.8 Å². The zero-order valence-electron chi connectivity index (χ0n) is 21.5. The van der Waals surface area contributed by atoms with Crippen LogP contribution in [0.1, 0.15) is 85.4 Å². The lowest BCUT2D eigenvalue weighted by Crippen LogP contribution is -2.54. The number of benzene rings is 1. The molecular weight excluding hydrogens is 422 g/mol. The van der Waals surface area contributed by atoms with Gasteiger partial charge in [-0.1, -0.05) is 19.4 Å². The van der Waals surface area contributed by atoms with Gasteiger partial charge in [0.25, 0.3) is 0 Å². The summed E-state index contributed by atoms with van der Waals surface area (Å²) in [4.78, 5) is 40.6. The van der Waals surface area contributed by atoms with Gasteiger partial charge in [-0.3, -0.25) is 9.59 Å². The average Bonchev–Trinajstić information content (AvgIpc) is 2.65. The summed E-state index contributed by atoms with van der Waals surface area (Å²) in [5.74, 6) is -0.614. The molecule has 0 radical (unpaired) electrons. The molecule has 186 valence electrons. The molecule has 3 atom stereocenters. The van der Waals surface area contributed by atoms with E-state index in [9.17, 15) is 19.5 Å². The molecule has 0 saturated heterocycles. The Hall–Kier alpha value is -2.77. The van der Waals surface area contributed by atoms with Crippen molar-refractivity contribution in [1.29, 1.82) is 0 Å². The van der Waals surface area contributed by atoms with Gasteiger partial charge in [0.1, 0.15) is 23.4 Å². The monoisotopic (exact) mass is 463 g/mol. The van der Waals surface area contributed by atoms with Crippen molar-refractivity contribution in [3.8, 4) is 5.75 Å². The Morgan fingerprint density at radius 2 is 1.70 bits per heavy atom. The molecular formula is C25H41N3O5. The molecule has 0 aliphatic carbocycles. The number of rotatable bonds is 9. The fourth-order valence-corrected chi connectivity index (χ4v) is 3.56. The number of nitrogens with zero attached hydrogens (tertiary/aromatic N) is 1. The molecule has 33 heavy (non-hydrogen) atoms. The first-order valence-corrected chi connectivity index (χ1v) is 11.6. The summed E-state index contributed by atoms with van der Waals surface area (Å²) < 4.78 is 5.27. The van der Waals surface area contributed by atoms with E-state index in [4.69, 9.17) is 4.74 Å². The Kier molecular flexibility index (Phi) is 10.2.